The van der Waals surface area contributed by atoms with Crippen molar-refractivity contribution in [1.82, 2.24) is 5.32 Å². The van der Waals surface area contributed by atoms with E-state index in [1.54, 1.807) is 30.3 Å². The number of rotatable bonds is 6. The Labute approximate surface area is 193 Å². The first kappa shape index (κ1) is 22.9. The number of thiocarbonyl (C=S) groups is 1. The van der Waals surface area contributed by atoms with Crippen molar-refractivity contribution in [3.8, 4) is 5.75 Å². The van der Waals surface area contributed by atoms with Crippen LogP contribution in [0.3, 0.4) is 0 Å². The van der Waals surface area contributed by atoms with Gasteiger partial charge in [-0.25, -0.2) is 0 Å². The lowest BCUT2D eigenvalue weighted by Crippen LogP contribution is -2.36. The third kappa shape index (κ3) is 5.90. The molecule has 9 nitrogen and oxygen atoms in total. The quantitative estimate of drug-likeness (QED) is 0.345. The third-order valence-electron chi connectivity index (χ3n) is 4.50. The van der Waals surface area contributed by atoms with Gasteiger partial charge in [-0.15, -0.1) is 0 Å². The molecule has 1 saturated heterocycles. The summed E-state index contributed by atoms with van der Waals surface area (Å²) in [5.41, 5.74) is 1.26. The van der Waals surface area contributed by atoms with E-state index in [0.29, 0.717) is 60.1 Å². The minimum atomic E-state index is -0.435. The Kier molecular flexibility index (Phi) is 7.77. The molecule has 0 spiro atoms. The fourth-order valence-corrected chi connectivity index (χ4v) is 3.78. The second-order valence-electron chi connectivity index (χ2n) is 6.55. The Balaban J connectivity index is 1.68. The van der Waals surface area contributed by atoms with E-state index in [4.69, 9.17) is 21.7 Å². The van der Waals surface area contributed by atoms with Crippen LogP contribution in [0, 0.1) is 10.1 Å². The van der Waals surface area contributed by atoms with Crippen LogP contribution in [0.5, 0.6) is 5.75 Å². The second kappa shape index (κ2) is 10.5. The zero-order chi connectivity index (χ0) is 22.4. The number of morpholine rings is 1. The number of carbonyl (C=O) groups excluding carboxylic acids is 1. The molecule has 2 aromatic rings. The average Bonchev–Trinajstić information content (AvgIpc) is 2.75. The van der Waals surface area contributed by atoms with Crippen LogP contribution in [0.1, 0.15) is 17.3 Å². The molecule has 2 aromatic carbocycles. The summed E-state index contributed by atoms with van der Waals surface area (Å²) < 4.78 is 11.4. The number of ether oxygens (including phenoxy) is 2. The lowest BCUT2D eigenvalue weighted by atomic mass is 10.2. The topological polar surface area (TPSA) is 106 Å². The van der Waals surface area contributed by atoms with Gasteiger partial charge in [-0.1, -0.05) is 0 Å². The van der Waals surface area contributed by atoms with Gasteiger partial charge < -0.3 is 19.7 Å². The molecule has 3 rings (SSSR count). The molecule has 0 unspecified atom stereocenters. The Bertz CT molecular complexity index is 998. The summed E-state index contributed by atoms with van der Waals surface area (Å²) in [6.07, 6.45) is 0. The first-order valence-corrected chi connectivity index (χ1v) is 10.7. The van der Waals surface area contributed by atoms with Crippen molar-refractivity contribution >= 4 is 56.2 Å². The molecule has 1 fully saturated rings. The molecule has 0 aliphatic carbocycles. The molecular formula is C20H21BrN4O5S. The minimum absolute atomic E-state index is 0.0310. The van der Waals surface area contributed by atoms with Crippen LogP contribution >= 0.6 is 28.1 Å². The van der Waals surface area contributed by atoms with Crippen LogP contribution in [0.2, 0.25) is 0 Å². The normalized spacial score (nSPS) is 13.4. The van der Waals surface area contributed by atoms with Gasteiger partial charge in [0, 0.05) is 30.4 Å². The van der Waals surface area contributed by atoms with E-state index < -0.39 is 10.8 Å². The zero-order valence-corrected chi connectivity index (χ0v) is 19.1. The maximum absolute atomic E-state index is 12.5. The van der Waals surface area contributed by atoms with Gasteiger partial charge in [-0.2, -0.15) is 0 Å². The summed E-state index contributed by atoms with van der Waals surface area (Å²) in [4.78, 5) is 25.5. The van der Waals surface area contributed by atoms with Crippen LogP contribution < -0.4 is 20.3 Å². The molecule has 31 heavy (non-hydrogen) atoms. The summed E-state index contributed by atoms with van der Waals surface area (Å²) in [6.45, 7) is 4.59. The van der Waals surface area contributed by atoms with E-state index in [0.717, 1.165) is 0 Å². The molecular weight excluding hydrogens is 488 g/mol. The Hall–Kier alpha value is -2.76. The van der Waals surface area contributed by atoms with Crippen molar-refractivity contribution in [2.24, 2.45) is 0 Å². The fourth-order valence-electron chi connectivity index (χ4n) is 3.07. The molecule has 0 atom stereocenters. The van der Waals surface area contributed by atoms with Gasteiger partial charge in [-0.3, -0.25) is 20.2 Å². The highest BCUT2D eigenvalue weighted by molar-refractivity contribution is 9.10. The summed E-state index contributed by atoms with van der Waals surface area (Å²) in [7, 11) is 0. The standard InChI is InChI=1S/C20H21BrN4O5S/c1-2-30-18-6-3-13(11-15(18)21)19(26)23-20(31)22-14-4-5-16(17(12-14)25(27)28)24-7-9-29-10-8-24/h3-6,11-12H,2,7-10H2,1H3,(H2,22,23,26,31). The summed E-state index contributed by atoms with van der Waals surface area (Å²) in [5, 5.41) is 17.0. The van der Waals surface area contributed by atoms with E-state index in [-0.39, 0.29) is 10.8 Å². The molecule has 0 aromatic heterocycles. The van der Waals surface area contributed by atoms with Crippen molar-refractivity contribution in [2.45, 2.75) is 6.92 Å². The lowest BCUT2D eigenvalue weighted by Gasteiger charge is -2.28. The van der Waals surface area contributed by atoms with Crippen molar-refractivity contribution in [2.75, 3.05) is 43.1 Å². The number of hydrogen-bond acceptors (Lipinski definition) is 7. The molecule has 1 amide bonds. The van der Waals surface area contributed by atoms with Gasteiger partial charge in [0.1, 0.15) is 11.4 Å². The average molecular weight is 509 g/mol. The zero-order valence-electron chi connectivity index (χ0n) is 16.7. The van der Waals surface area contributed by atoms with E-state index in [9.17, 15) is 14.9 Å². The number of nitro benzene ring substituents is 1. The highest BCUT2D eigenvalue weighted by Crippen LogP contribution is 2.31. The van der Waals surface area contributed by atoms with Crippen LogP contribution in [-0.4, -0.2) is 48.9 Å². The van der Waals surface area contributed by atoms with Crippen molar-refractivity contribution in [1.29, 1.82) is 0 Å². The smallest absolute Gasteiger partial charge is 0.294 e. The molecule has 164 valence electrons. The Morgan fingerprint density at radius 3 is 2.68 bits per heavy atom. The molecule has 0 saturated carbocycles. The van der Waals surface area contributed by atoms with Crippen molar-refractivity contribution < 1.29 is 19.2 Å². The molecule has 2 N–H and O–H groups in total. The first-order valence-electron chi connectivity index (χ1n) is 9.55. The summed E-state index contributed by atoms with van der Waals surface area (Å²) in [5.74, 6) is 0.216. The van der Waals surface area contributed by atoms with Crippen LogP contribution in [0.15, 0.2) is 40.9 Å². The molecule has 1 heterocycles. The van der Waals surface area contributed by atoms with Gasteiger partial charge in [0.2, 0.25) is 0 Å². The number of anilines is 2. The SMILES string of the molecule is CCOc1ccc(C(=O)NC(=S)Nc2ccc(N3CCOCC3)c([N+](=O)[O-])c2)cc1Br. The predicted molar refractivity (Wildman–Crippen MR) is 125 cm³/mol. The maximum Gasteiger partial charge on any atom is 0.294 e. The van der Waals surface area contributed by atoms with E-state index in [1.165, 1.54) is 6.07 Å². The molecule has 0 bridgehead atoms. The van der Waals surface area contributed by atoms with Gasteiger partial charge >= 0.3 is 0 Å². The number of nitrogens with zero attached hydrogens (tertiary/aromatic N) is 2. The number of benzene rings is 2. The first-order chi connectivity index (χ1) is 14.9. The Morgan fingerprint density at radius 1 is 1.29 bits per heavy atom. The predicted octanol–water partition coefficient (Wildman–Crippen LogP) is 3.72. The fraction of sp³-hybridized carbons (Fsp3) is 0.300. The third-order valence-corrected chi connectivity index (χ3v) is 5.33. The van der Waals surface area contributed by atoms with E-state index >= 15 is 0 Å². The highest BCUT2D eigenvalue weighted by Gasteiger charge is 2.22. The minimum Gasteiger partial charge on any atom is -0.493 e. The number of halogens is 1. The van der Waals surface area contributed by atoms with Gasteiger partial charge in [0.15, 0.2) is 5.11 Å². The molecule has 1 aliphatic heterocycles. The number of carbonyl (C=O) groups is 1. The van der Waals surface area contributed by atoms with Crippen LogP contribution in [0.4, 0.5) is 17.1 Å². The number of nitrogens with one attached hydrogen (secondary N) is 2. The Morgan fingerprint density at radius 2 is 2.03 bits per heavy atom. The summed E-state index contributed by atoms with van der Waals surface area (Å²) in [6, 6.07) is 9.69. The number of nitro groups is 1. The molecule has 1 aliphatic rings. The second-order valence-corrected chi connectivity index (χ2v) is 7.81. The van der Waals surface area contributed by atoms with E-state index in [2.05, 4.69) is 26.6 Å². The van der Waals surface area contributed by atoms with Crippen molar-refractivity contribution in [3.63, 3.8) is 0 Å². The highest BCUT2D eigenvalue weighted by atomic mass is 79.9. The van der Waals surface area contributed by atoms with Crippen LogP contribution in [0.25, 0.3) is 0 Å². The van der Waals surface area contributed by atoms with Gasteiger partial charge in [0.25, 0.3) is 11.6 Å². The lowest BCUT2D eigenvalue weighted by molar-refractivity contribution is -0.384. The maximum atomic E-state index is 12.5. The number of hydrogen-bond donors (Lipinski definition) is 2. The molecule has 0 radical (unpaired) electrons. The van der Waals surface area contributed by atoms with Gasteiger partial charge in [0.05, 0.1) is 29.2 Å². The van der Waals surface area contributed by atoms with Crippen LogP contribution in [-0.2, 0) is 4.74 Å². The monoisotopic (exact) mass is 508 g/mol. The molecule has 11 heteroatoms. The van der Waals surface area contributed by atoms with Crippen molar-refractivity contribution in [3.05, 3.63) is 56.5 Å². The van der Waals surface area contributed by atoms with E-state index in [1.807, 2.05) is 11.8 Å². The largest absolute Gasteiger partial charge is 0.493 e. The summed E-state index contributed by atoms with van der Waals surface area (Å²) >= 11 is 8.57. The number of amides is 1. The van der Waals surface area contributed by atoms with Gasteiger partial charge in [-0.05, 0) is 65.4 Å².